The first-order chi connectivity index (χ1) is 11.7. The third-order valence-corrected chi connectivity index (χ3v) is 3.82. The molecule has 0 radical (unpaired) electrons. The van der Waals surface area contributed by atoms with Crippen molar-refractivity contribution in [1.29, 1.82) is 0 Å². The molecule has 0 saturated heterocycles. The lowest BCUT2D eigenvalue weighted by Gasteiger charge is -2.13. The van der Waals surface area contributed by atoms with Gasteiger partial charge in [0.05, 0.1) is 20.3 Å². The first-order valence-corrected chi connectivity index (χ1v) is 8.61. The summed E-state index contributed by atoms with van der Waals surface area (Å²) in [6.45, 7) is 2.10. The Morgan fingerprint density at radius 1 is 1.21 bits per heavy atom. The van der Waals surface area contributed by atoms with Crippen LogP contribution < -0.4 is 20.1 Å². The minimum absolute atomic E-state index is 0.158. The van der Waals surface area contributed by atoms with Crippen LogP contribution in [-0.2, 0) is 9.53 Å². The van der Waals surface area contributed by atoms with Crippen LogP contribution >= 0.6 is 12.2 Å². The van der Waals surface area contributed by atoms with Gasteiger partial charge in [-0.15, -0.1) is 0 Å². The number of ether oxygens (including phenoxy) is 3. The number of hydrogen-bond acceptors (Lipinski definition) is 5. The normalized spacial score (nSPS) is 12.9. The number of thiocarbonyl (C=S) groups is 1. The van der Waals surface area contributed by atoms with Crippen LogP contribution in [0.1, 0.15) is 32.1 Å². The zero-order valence-electron chi connectivity index (χ0n) is 13.9. The van der Waals surface area contributed by atoms with Crippen molar-refractivity contribution in [3.8, 4) is 11.5 Å². The highest BCUT2D eigenvalue weighted by atomic mass is 32.1. The molecule has 6 nitrogen and oxygen atoms in total. The van der Waals surface area contributed by atoms with Crippen molar-refractivity contribution in [2.75, 3.05) is 32.2 Å². The van der Waals surface area contributed by atoms with Crippen molar-refractivity contribution in [2.45, 2.75) is 32.1 Å². The summed E-state index contributed by atoms with van der Waals surface area (Å²) in [6, 6.07) is 5.70. The summed E-state index contributed by atoms with van der Waals surface area (Å²) in [6.07, 6.45) is 4.08. The summed E-state index contributed by atoms with van der Waals surface area (Å²) in [4.78, 5) is 11.0. The van der Waals surface area contributed by atoms with E-state index in [-0.39, 0.29) is 5.97 Å². The van der Waals surface area contributed by atoms with Gasteiger partial charge in [0.15, 0.2) is 16.6 Å². The van der Waals surface area contributed by atoms with Crippen LogP contribution in [-0.4, -0.2) is 38.0 Å². The number of rotatable bonds is 7. The van der Waals surface area contributed by atoms with Crippen molar-refractivity contribution in [3.05, 3.63) is 18.2 Å². The van der Waals surface area contributed by atoms with Crippen LogP contribution in [0.2, 0.25) is 0 Å². The molecule has 1 aliphatic rings. The molecular formula is C17H24N2O4S. The Morgan fingerprint density at radius 2 is 2.00 bits per heavy atom. The highest BCUT2D eigenvalue weighted by Crippen LogP contribution is 2.32. The molecule has 0 aromatic heterocycles. The van der Waals surface area contributed by atoms with E-state index in [1.165, 1.54) is 7.11 Å². The number of methoxy groups -OCH3 is 1. The van der Waals surface area contributed by atoms with E-state index in [0.717, 1.165) is 49.4 Å². The van der Waals surface area contributed by atoms with Gasteiger partial charge in [0.2, 0.25) is 0 Å². The molecule has 0 atom stereocenters. The van der Waals surface area contributed by atoms with Crippen molar-refractivity contribution in [2.24, 2.45) is 0 Å². The Labute approximate surface area is 147 Å². The van der Waals surface area contributed by atoms with Gasteiger partial charge in [-0.25, -0.2) is 0 Å². The molecule has 0 unspecified atom stereocenters. The average molecular weight is 352 g/mol. The lowest BCUT2D eigenvalue weighted by molar-refractivity contribution is -0.140. The SMILES string of the molecule is COC(=O)CCCCCNC(=S)Nc1ccc2c(c1)OCCCO2. The van der Waals surface area contributed by atoms with E-state index in [2.05, 4.69) is 15.4 Å². The minimum Gasteiger partial charge on any atom is -0.490 e. The van der Waals surface area contributed by atoms with E-state index >= 15 is 0 Å². The number of carbonyl (C=O) groups is 1. The van der Waals surface area contributed by atoms with E-state index < -0.39 is 0 Å². The smallest absolute Gasteiger partial charge is 0.305 e. The van der Waals surface area contributed by atoms with Gasteiger partial charge in [-0.3, -0.25) is 4.79 Å². The molecule has 7 heteroatoms. The Balaban J connectivity index is 1.67. The van der Waals surface area contributed by atoms with E-state index in [0.29, 0.717) is 24.7 Å². The minimum atomic E-state index is -0.158. The molecule has 1 heterocycles. The Bertz CT molecular complexity index is 566. The lowest BCUT2D eigenvalue weighted by atomic mass is 10.2. The van der Waals surface area contributed by atoms with Crippen molar-refractivity contribution < 1.29 is 19.0 Å². The summed E-state index contributed by atoms with van der Waals surface area (Å²) in [5, 5.41) is 6.87. The second kappa shape index (κ2) is 9.97. The van der Waals surface area contributed by atoms with Crippen molar-refractivity contribution in [3.63, 3.8) is 0 Å². The van der Waals surface area contributed by atoms with Crippen molar-refractivity contribution in [1.82, 2.24) is 5.32 Å². The monoisotopic (exact) mass is 352 g/mol. The number of anilines is 1. The standard InChI is InChI=1S/C17H24N2O4S/c1-21-16(20)6-3-2-4-9-18-17(24)19-13-7-8-14-15(12-13)23-11-5-10-22-14/h7-8,12H,2-6,9-11H2,1H3,(H2,18,19,24). The van der Waals surface area contributed by atoms with Gasteiger partial charge in [-0.2, -0.15) is 0 Å². The van der Waals surface area contributed by atoms with Crippen LogP contribution in [0.25, 0.3) is 0 Å². The van der Waals surface area contributed by atoms with Gasteiger partial charge in [0, 0.05) is 31.1 Å². The number of fused-ring (bicyclic) bond motifs is 1. The van der Waals surface area contributed by atoms with Gasteiger partial charge < -0.3 is 24.8 Å². The van der Waals surface area contributed by atoms with E-state index in [1.54, 1.807) is 0 Å². The van der Waals surface area contributed by atoms with Crippen molar-refractivity contribution >= 4 is 29.0 Å². The predicted molar refractivity (Wildman–Crippen MR) is 96.8 cm³/mol. The molecule has 1 aromatic rings. The number of hydrogen-bond donors (Lipinski definition) is 2. The van der Waals surface area contributed by atoms with Gasteiger partial charge in [-0.05, 0) is 37.2 Å². The Hall–Kier alpha value is -2.02. The molecule has 0 spiro atoms. The largest absolute Gasteiger partial charge is 0.490 e. The molecule has 1 aliphatic heterocycles. The fourth-order valence-corrected chi connectivity index (χ4v) is 2.51. The molecule has 132 valence electrons. The first kappa shape index (κ1) is 18.3. The maximum Gasteiger partial charge on any atom is 0.305 e. The quantitative estimate of drug-likeness (QED) is 0.444. The molecule has 1 aromatic carbocycles. The first-order valence-electron chi connectivity index (χ1n) is 8.20. The third kappa shape index (κ3) is 6.23. The topological polar surface area (TPSA) is 68.8 Å². The van der Waals surface area contributed by atoms with E-state index in [9.17, 15) is 4.79 Å². The maximum atomic E-state index is 11.0. The van der Waals surface area contributed by atoms with Crippen LogP contribution in [0, 0.1) is 0 Å². The van der Waals surface area contributed by atoms with Gasteiger partial charge >= 0.3 is 5.97 Å². The Kier molecular flexibility index (Phi) is 7.61. The third-order valence-electron chi connectivity index (χ3n) is 3.58. The van der Waals surface area contributed by atoms with Crippen LogP contribution in [0.5, 0.6) is 11.5 Å². The average Bonchev–Trinajstić information content (AvgIpc) is 2.82. The van der Waals surface area contributed by atoms with Crippen LogP contribution in [0.15, 0.2) is 18.2 Å². The molecule has 2 N–H and O–H groups in total. The van der Waals surface area contributed by atoms with Crippen LogP contribution in [0.3, 0.4) is 0 Å². The molecular weight excluding hydrogens is 328 g/mol. The molecule has 2 rings (SSSR count). The maximum absolute atomic E-state index is 11.0. The summed E-state index contributed by atoms with van der Waals surface area (Å²) < 4.78 is 15.9. The number of unbranched alkanes of at least 4 members (excludes halogenated alkanes) is 2. The number of carbonyl (C=O) groups excluding carboxylic acids is 1. The summed E-state index contributed by atoms with van der Waals surface area (Å²) in [5.74, 6) is 1.35. The van der Waals surface area contributed by atoms with Crippen LogP contribution in [0.4, 0.5) is 5.69 Å². The number of nitrogens with one attached hydrogen (secondary N) is 2. The van der Waals surface area contributed by atoms with E-state index in [1.807, 2.05) is 18.2 Å². The molecule has 0 bridgehead atoms. The fraction of sp³-hybridized carbons (Fsp3) is 0.529. The summed E-state index contributed by atoms with van der Waals surface area (Å²) >= 11 is 5.29. The number of esters is 1. The number of benzene rings is 1. The molecule has 0 amide bonds. The zero-order chi connectivity index (χ0) is 17.2. The molecule has 0 fully saturated rings. The summed E-state index contributed by atoms with van der Waals surface area (Å²) in [7, 11) is 1.41. The molecule has 0 saturated carbocycles. The fourth-order valence-electron chi connectivity index (χ4n) is 2.29. The second-order valence-electron chi connectivity index (χ2n) is 5.48. The Morgan fingerprint density at radius 3 is 2.79 bits per heavy atom. The molecule has 24 heavy (non-hydrogen) atoms. The summed E-state index contributed by atoms with van der Waals surface area (Å²) in [5.41, 5.74) is 0.863. The highest BCUT2D eigenvalue weighted by Gasteiger charge is 2.11. The molecule has 0 aliphatic carbocycles. The highest BCUT2D eigenvalue weighted by molar-refractivity contribution is 7.80. The lowest BCUT2D eigenvalue weighted by Crippen LogP contribution is -2.29. The van der Waals surface area contributed by atoms with E-state index in [4.69, 9.17) is 21.7 Å². The second-order valence-corrected chi connectivity index (χ2v) is 5.89. The van der Waals surface area contributed by atoms with Gasteiger partial charge in [-0.1, -0.05) is 6.42 Å². The predicted octanol–water partition coefficient (Wildman–Crippen LogP) is 2.87. The zero-order valence-corrected chi connectivity index (χ0v) is 14.7. The van der Waals surface area contributed by atoms with Gasteiger partial charge in [0.25, 0.3) is 0 Å². The van der Waals surface area contributed by atoms with Gasteiger partial charge in [0.1, 0.15) is 0 Å².